The highest BCUT2D eigenvalue weighted by Gasteiger charge is 2.20. The number of fused-ring (bicyclic) bond motifs is 3. The fourth-order valence-electron chi connectivity index (χ4n) is 3.90. The average molecular weight is 456 g/mol. The molecule has 0 unspecified atom stereocenters. The van der Waals surface area contributed by atoms with Gasteiger partial charge in [-0.15, -0.1) is 0 Å². The van der Waals surface area contributed by atoms with E-state index < -0.39 is 0 Å². The van der Waals surface area contributed by atoms with Gasteiger partial charge in [0.1, 0.15) is 5.75 Å². The third-order valence-corrected chi connectivity index (χ3v) is 6.14. The Hall–Kier alpha value is -2.58. The van der Waals surface area contributed by atoms with Gasteiger partial charge in [0, 0.05) is 43.1 Å². The van der Waals surface area contributed by atoms with Crippen LogP contribution < -0.4 is 15.0 Å². The molecule has 8 heteroatoms. The molecule has 1 fully saturated rings. The molecular formula is C21H22BrN5O2. The van der Waals surface area contributed by atoms with E-state index in [0.29, 0.717) is 5.95 Å². The third-order valence-electron chi connectivity index (χ3n) is 5.45. The molecule has 1 aromatic carbocycles. The second kappa shape index (κ2) is 7.68. The van der Waals surface area contributed by atoms with Gasteiger partial charge in [0.2, 0.25) is 5.95 Å². The largest absolute Gasteiger partial charge is 0.494 e. The minimum Gasteiger partial charge on any atom is -0.494 e. The fourth-order valence-corrected chi connectivity index (χ4v) is 4.40. The molecule has 1 saturated heterocycles. The Bertz CT molecular complexity index is 1050. The van der Waals surface area contributed by atoms with Crippen LogP contribution >= 0.6 is 15.9 Å². The summed E-state index contributed by atoms with van der Waals surface area (Å²) < 4.78 is 14.4. The quantitative estimate of drug-likeness (QED) is 0.644. The van der Waals surface area contributed by atoms with Gasteiger partial charge in [0.25, 0.3) is 0 Å². The number of ether oxygens (including phenoxy) is 2. The normalized spacial score (nSPS) is 15.6. The van der Waals surface area contributed by atoms with Crippen LogP contribution in [0.15, 0.2) is 41.1 Å². The molecule has 150 valence electrons. The number of hydrogen-bond donors (Lipinski definition) is 1. The van der Waals surface area contributed by atoms with Gasteiger partial charge in [-0.2, -0.15) is 0 Å². The number of halogens is 1. The lowest BCUT2D eigenvalue weighted by atomic mass is 10.1. The summed E-state index contributed by atoms with van der Waals surface area (Å²) in [5.41, 5.74) is 5.23. The molecule has 5 rings (SSSR count). The molecule has 7 nitrogen and oxygen atoms in total. The van der Waals surface area contributed by atoms with Crippen molar-refractivity contribution in [3.8, 4) is 17.1 Å². The Morgan fingerprint density at radius 2 is 2.00 bits per heavy atom. The molecule has 0 saturated carbocycles. The van der Waals surface area contributed by atoms with Crippen molar-refractivity contribution in [2.24, 2.45) is 0 Å². The van der Waals surface area contributed by atoms with Crippen molar-refractivity contribution in [3.63, 3.8) is 0 Å². The zero-order chi connectivity index (χ0) is 19.8. The molecule has 0 radical (unpaired) electrons. The molecule has 0 spiro atoms. The fraction of sp³-hybridized carbons (Fsp3) is 0.333. The summed E-state index contributed by atoms with van der Waals surface area (Å²) >= 11 is 3.61. The van der Waals surface area contributed by atoms with Gasteiger partial charge in [0.05, 0.1) is 42.0 Å². The number of benzene rings is 1. The van der Waals surface area contributed by atoms with Crippen molar-refractivity contribution >= 4 is 33.3 Å². The van der Waals surface area contributed by atoms with Gasteiger partial charge in [-0.3, -0.25) is 0 Å². The molecule has 4 heterocycles. The Morgan fingerprint density at radius 1 is 1.14 bits per heavy atom. The highest BCUT2D eigenvalue weighted by Crippen LogP contribution is 2.34. The third kappa shape index (κ3) is 3.47. The van der Waals surface area contributed by atoms with Crippen molar-refractivity contribution in [1.29, 1.82) is 0 Å². The molecule has 2 aliphatic rings. The first-order chi connectivity index (χ1) is 14.2. The van der Waals surface area contributed by atoms with E-state index >= 15 is 0 Å². The SMILES string of the molecule is COc1cc(N2CCOCC2)ccc1Nc1ncc2c(n1)-c1ccc(Br)n1CC2. The van der Waals surface area contributed by atoms with Crippen LogP contribution in [0.2, 0.25) is 0 Å². The summed E-state index contributed by atoms with van der Waals surface area (Å²) in [6.45, 7) is 4.22. The van der Waals surface area contributed by atoms with Crippen LogP contribution in [-0.4, -0.2) is 47.9 Å². The number of methoxy groups -OCH3 is 1. The van der Waals surface area contributed by atoms with E-state index in [1.807, 2.05) is 18.3 Å². The average Bonchev–Trinajstić information content (AvgIpc) is 3.16. The summed E-state index contributed by atoms with van der Waals surface area (Å²) in [6.07, 6.45) is 2.84. The van der Waals surface area contributed by atoms with E-state index in [1.165, 1.54) is 5.56 Å². The number of nitrogens with one attached hydrogen (secondary N) is 1. The summed E-state index contributed by atoms with van der Waals surface area (Å²) in [4.78, 5) is 11.6. The van der Waals surface area contributed by atoms with E-state index in [0.717, 1.165) is 72.4 Å². The smallest absolute Gasteiger partial charge is 0.227 e. The van der Waals surface area contributed by atoms with Crippen LogP contribution in [0, 0.1) is 0 Å². The summed E-state index contributed by atoms with van der Waals surface area (Å²) in [7, 11) is 1.68. The number of aryl methyl sites for hydroxylation is 1. The van der Waals surface area contributed by atoms with Crippen molar-refractivity contribution in [2.45, 2.75) is 13.0 Å². The molecule has 0 bridgehead atoms. The Morgan fingerprint density at radius 3 is 2.83 bits per heavy atom. The van der Waals surface area contributed by atoms with Crippen molar-refractivity contribution < 1.29 is 9.47 Å². The molecule has 29 heavy (non-hydrogen) atoms. The lowest BCUT2D eigenvalue weighted by molar-refractivity contribution is 0.122. The summed E-state index contributed by atoms with van der Waals surface area (Å²) in [5.74, 6) is 1.33. The highest BCUT2D eigenvalue weighted by atomic mass is 79.9. The zero-order valence-corrected chi connectivity index (χ0v) is 17.8. The van der Waals surface area contributed by atoms with Crippen molar-refractivity contribution in [3.05, 3.63) is 46.7 Å². The van der Waals surface area contributed by atoms with E-state index in [-0.39, 0.29) is 0 Å². The van der Waals surface area contributed by atoms with Crippen LogP contribution in [0.3, 0.4) is 0 Å². The first kappa shape index (κ1) is 18.4. The van der Waals surface area contributed by atoms with Gasteiger partial charge in [0.15, 0.2) is 0 Å². The van der Waals surface area contributed by atoms with E-state index in [2.05, 4.69) is 53.9 Å². The molecule has 2 aromatic heterocycles. The summed E-state index contributed by atoms with van der Waals surface area (Å²) in [6, 6.07) is 10.3. The zero-order valence-electron chi connectivity index (χ0n) is 16.2. The maximum Gasteiger partial charge on any atom is 0.227 e. The minimum absolute atomic E-state index is 0.562. The Labute approximate surface area is 177 Å². The number of rotatable bonds is 4. The van der Waals surface area contributed by atoms with Gasteiger partial charge in [-0.1, -0.05) is 0 Å². The van der Waals surface area contributed by atoms with Gasteiger partial charge >= 0.3 is 0 Å². The highest BCUT2D eigenvalue weighted by molar-refractivity contribution is 9.10. The first-order valence-corrected chi connectivity index (χ1v) is 10.5. The molecule has 1 N–H and O–H groups in total. The van der Waals surface area contributed by atoms with Gasteiger partial charge < -0.3 is 24.3 Å². The number of anilines is 3. The van der Waals surface area contributed by atoms with Gasteiger partial charge in [-0.05, 0) is 46.6 Å². The van der Waals surface area contributed by atoms with Crippen molar-refractivity contribution in [1.82, 2.24) is 14.5 Å². The van der Waals surface area contributed by atoms with Gasteiger partial charge in [-0.25, -0.2) is 9.97 Å². The number of hydrogen-bond acceptors (Lipinski definition) is 6. The van der Waals surface area contributed by atoms with Crippen LogP contribution in [-0.2, 0) is 17.7 Å². The van der Waals surface area contributed by atoms with Crippen LogP contribution in [0.1, 0.15) is 5.56 Å². The number of aromatic nitrogens is 3. The second-order valence-corrected chi connectivity index (χ2v) is 7.93. The van der Waals surface area contributed by atoms with Crippen LogP contribution in [0.4, 0.5) is 17.3 Å². The second-order valence-electron chi connectivity index (χ2n) is 7.12. The Balaban J connectivity index is 1.43. The predicted octanol–water partition coefficient (Wildman–Crippen LogP) is 3.85. The number of morpholine rings is 1. The Kier molecular flexibility index (Phi) is 4.89. The van der Waals surface area contributed by atoms with E-state index in [4.69, 9.17) is 14.5 Å². The lowest BCUT2D eigenvalue weighted by Crippen LogP contribution is -2.36. The van der Waals surface area contributed by atoms with E-state index in [9.17, 15) is 0 Å². The predicted molar refractivity (Wildman–Crippen MR) is 116 cm³/mol. The summed E-state index contributed by atoms with van der Waals surface area (Å²) in [5, 5.41) is 3.33. The molecule has 2 aliphatic heterocycles. The monoisotopic (exact) mass is 455 g/mol. The number of nitrogens with zero attached hydrogens (tertiary/aromatic N) is 4. The standard InChI is InChI=1S/C21H22BrN5O2/c1-28-18-12-15(26-8-10-29-11-9-26)2-3-16(18)24-21-23-13-14-6-7-27-17(20(14)25-21)4-5-19(27)22/h2-5,12-13H,6-11H2,1H3,(H,23,24,25). The lowest BCUT2D eigenvalue weighted by Gasteiger charge is -2.29. The topological polar surface area (TPSA) is 64.4 Å². The molecule has 0 amide bonds. The molecule has 3 aromatic rings. The van der Waals surface area contributed by atoms with E-state index in [1.54, 1.807) is 7.11 Å². The van der Waals surface area contributed by atoms with Crippen LogP contribution in [0.5, 0.6) is 5.75 Å². The maximum atomic E-state index is 5.63. The van der Waals surface area contributed by atoms with Crippen molar-refractivity contribution in [2.75, 3.05) is 43.6 Å². The molecule has 0 aliphatic carbocycles. The van der Waals surface area contributed by atoms with Crippen LogP contribution in [0.25, 0.3) is 11.4 Å². The first-order valence-electron chi connectivity index (χ1n) is 9.72. The molecule has 0 atom stereocenters. The molecular weight excluding hydrogens is 434 g/mol. The minimum atomic E-state index is 0.562. The maximum absolute atomic E-state index is 5.63.